The highest BCUT2D eigenvalue weighted by Crippen LogP contribution is 2.49. The van der Waals surface area contributed by atoms with Gasteiger partial charge in [-0.15, -0.1) is 0 Å². The van der Waals surface area contributed by atoms with Crippen molar-refractivity contribution in [3.05, 3.63) is 59.7 Å². The smallest absolute Gasteiger partial charge is 0.0227 e. The van der Waals surface area contributed by atoms with Crippen molar-refractivity contribution in [2.45, 2.75) is 24.3 Å². The molecule has 0 saturated carbocycles. The van der Waals surface area contributed by atoms with Crippen molar-refractivity contribution in [2.24, 2.45) is 5.92 Å². The fourth-order valence-corrected chi connectivity index (χ4v) is 4.02. The van der Waals surface area contributed by atoms with Crippen molar-refractivity contribution in [3.63, 3.8) is 0 Å². The van der Waals surface area contributed by atoms with E-state index in [1.807, 2.05) is 0 Å². The summed E-state index contributed by atoms with van der Waals surface area (Å²) < 4.78 is 0. The van der Waals surface area contributed by atoms with Crippen LogP contribution in [0.2, 0.25) is 0 Å². The van der Waals surface area contributed by atoms with E-state index < -0.39 is 0 Å². The standard InChI is InChI=1S/C16H17N/c1-2-6-13-12(5-1)11-15-14-7-3-4-8-16(13,14)9-10-17-15/h1-8,14-15,17H,9-11H2/t14-,15+,16-/m0/s1. The van der Waals surface area contributed by atoms with Gasteiger partial charge in [-0.05, 0) is 30.5 Å². The van der Waals surface area contributed by atoms with Crippen molar-refractivity contribution < 1.29 is 0 Å². The average Bonchev–Trinajstić information content (AvgIpc) is 2.39. The van der Waals surface area contributed by atoms with E-state index in [4.69, 9.17) is 0 Å². The molecule has 0 radical (unpaired) electrons. The van der Waals surface area contributed by atoms with Crippen molar-refractivity contribution in [1.82, 2.24) is 5.32 Å². The van der Waals surface area contributed by atoms with Crippen molar-refractivity contribution >= 4 is 0 Å². The molecule has 1 aromatic carbocycles. The molecule has 1 heterocycles. The van der Waals surface area contributed by atoms with Crippen LogP contribution in [0, 0.1) is 5.92 Å². The molecule has 0 spiro atoms. The van der Waals surface area contributed by atoms with Gasteiger partial charge in [0.15, 0.2) is 0 Å². The summed E-state index contributed by atoms with van der Waals surface area (Å²) >= 11 is 0. The quantitative estimate of drug-likeness (QED) is 0.713. The number of hydrogen-bond acceptors (Lipinski definition) is 1. The molecule has 1 heteroatoms. The molecule has 1 saturated heterocycles. The Morgan fingerprint density at radius 2 is 2.12 bits per heavy atom. The zero-order valence-electron chi connectivity index (χ0n) is 9.89. The molecule has 0 aromatic heterocycles. The molecule has 4 rings (SSSR count). The van der Waals surface area contributed by atoms with Gasteiger partial charge >= 0.3 is 0 Å². The normalized spacial score (nSPS) is 37.4. The van der Waals surface area contributed by atoms with Crippen molar-refractivity contribution in [2.75, 3.05) is 6.54 Å². The fourth-order valence-electron chi connectivity index (χ4n) is 4.02. The zero-order valence-corrected chi connectivity index (χ0v) is 9.89. The van der Waals surface area contributed by atoms with Gasteiger partial charge in [0, 0.05) is 17.4 Å². The first kappa shape index (κ1) is 9.67. The second-order valence-electron chi connectivity index (χ2n) is 5.48. The van der Waals surface area contributed by atoms with Gasteiger partial charge in [0.05, 0.1) is 0 Å². The van der Waals surface area contributed by atoms with Gasteiger partial charge in [-0.2, -0.15) is 0 Å². The number of rotatable bonds is 0. The fraction of sp³-hybridized carbons (Fsp3) is 0.375. The third-order valence-corrected chi connectivity index (χ3v) is 4.76. The van der Waals surface area contributed by atoms with Gasteiger partial charge in [-0.3, -0.25) is 0 Å². The van der Waals surface area contributed by atoms with E-state index in [1.54, 1.807) is 11.1 Å². The first-order valence-corrected chi connectivity index (χ1v) is 6.58. The third kappa shape index (κ3) is 1.18. The van der Waals surface area contributed by atoms with Crippen LogP contribution in [0.1, 0.15) is 17.5 Å². The summed E-state index contributed by atoms with van der Waals surface area (Å²) in [4.78, 5) is 0. The van der Waals surface area contributed by atoms with E-state index in [2.05, 4.69) is 53.9 Å². The highest BCUT2D eigenvalue weighted by atomic mass is 15.0. The van der Waals surface area contributed by atoms with Crippen LogP contribution in [0.5, 0.6) is 0 Å². The molecule has 1 fully saturated rings. The molecular weight excluding hydrogens is 206 g/mol. The summed E-state index contributed by atoms with van der Waals surface area (Å²) in [7, 11) is 0. The van der Waals surface area contributed by atoms with Gasteiger partial charge in [0.1, 0.15) is 0 Å². The highest BCUT2D eigenvalue weighted by Gasteiger charge is 2.48. The van der Waals surface area contributed by atoms with Crippen LogP contribution in [0.25, 0.3) is 0 Å². The molecule has 1 aliphatic heterocycles. The molecular formula is C16H17N. The number of piperidine rings is 1. The van der Waals surface area contributed by atoms with E-state index in [1.165, 1.54) is 12.8 Å². The van der Waals surface area contributed by atoms with Crippen LogP contribution in [-0.2, 0) is 11.8 Å². The Labute approximate surface area is 102 Å². The number of fused-ring (bicyclic) bond motifs is 1. The lowest BCUT2D eigenvalue weighted by Gasteiger charge is -2.52. The van der Waals surface area contributed by atoms with Crippen LogP contribution in [-0.4, -0.2) is 12.6 Å². The third-order valence-electron chi connectivity index (χ3n) is 4.76. The molecule has 2 aliphatic carbocycles. The van der Waals surface area contributed by atoms with Crippen LogP contribution >= 0.6 is 0 Å². The van der Waals surface area contributed by atoms with Crippen LogP contribution in [0.3, 0.4) is 0 Å². The monoisotopic (exact) mass is 223 g/mol. The maximum Gasteiger partial charge on any atom is 0.0227 e. The van der Waals surface area contributed by atoms with Gasteiger partial charge in [0.2, 0.25) is 0 Å². The molecule has 1 aromatic rings. The Balaban J connectivity index is 1.98. The predicted molar refractivity (Wildman–Crippen MR) is 70.0 cm³/mol. The number of benzene rings is 1. The Morgan fingerprint density at radius 1 is 1.18 bits per heavy atom. The van der Waals surface area contributed by atoms with Crippen LogP contribution < -0.4 is 5.32 Å². The zero-order chi connectivity index (χ0) is 11.3. The molecule has 0 unspecified atom stereocenters. The molecule has 1 nitrogen and oxygen atoms in total. The van der Waals surface area contributed by atoms with Crippen LogP contribution in [0.4, 0.5) is 0 Å². The van der Waals surface area contributed by atoms with Crippen molar-refractivity contribution in [3.8, 4) is 0 Å². The largest absolute Gasteiger partial charge is 0.313 e. The summed E-state index contributed by atoms with van der Waals surface area (Å²) in [5.41, 5.74) is 3.39. The number of allylic oxidation sites excluding steroid dienone is 3. The first-order valence-electron chi connectivity index (χ1n) is 6.58. The lowest BCUT2D eigenvalue weighted by Crippen LogP contribution is -2.57. The second kappa shape index (κ2) is 3.33. The van der Waals surface area contributed by atoms with Gasteiger partial charge in [-0.1, -0.05) is 48.6 Å². The SMILES string of the molecule is C1=C[C@H]2[C@H]3Cc4ccccc4[C@]2(C=C1)CCN3. The maximum absolute atomic E-state index is 3.70. The van der Waals surface area contributed by atoms with E-state index in [0.29, 0.717) is 12.0 Å². The van der Waals surface area contributed by atoms with E-state index in [0.717, 1.165) is 6.54 Å². The van der Waals surface area contributed by atoms with E-state index >= 15 is 0 Å². The minimum atomic E-state index is 0.277. The first-order chi connectivity index (χ1) is 8.40. The van der Waals surface area contributed by atoms with Gasteiger partial charge in [0.25, 0.3) is 0 Å². The predicted octanol–water partition coefficient (Wildman–Crippen LogP) is 2.58. The highest BCUT2D eigenvalue weighted by molar-refractivity contribution is 5.47. The Bertz CT molecular complexity index is 514. The summed E-state index contributed by atoms with van der Waals surface area (Å²) in [5.74, 6) is 0.649. The molecule has 86 valence electrons. The molecule has 3 atom stereocenters. The summed E-state index contributed by atoms with van der Waals surface area (Å²) in [6.07, 6.45) is 11.7. The maximum atomic E-state index is 3.70. The summed E-state index contributed by atoms with van der Waals surface area (Å²) in [5, 5.41) is 3.70. The Kier molecular flexibility index (Phi) is 1.89. The van der Waals surface area contributed by atoms with Gasteiger partial charge in [-0.25, -0.2) is 0 Å². The molecule has 17 heavy (non-hydrogen) atoms. The van der Waals surface area contributed by atoms with E-state index in [9.17, 15) is 0 Å². The van der Waals surface area contributed by atoms with E-state index in [-0.39, 0.29) is 5.41 Å². The Hall–Kier alpha value is -1.34. The summed E-state index contributed by atoms with van der Waals surface area (Å²) in [6.45, 7) is 1.15. The summed E-state index contributed by atoms with van der Waals surface area (Å²) in [6, 6.07) is 9.64. The molecule has 0 amide bonds. The molecule has 1 N–H and O–H groups in total. The number of nitrogens with one attached hydrogen (secondary N) is 1. The molecule has 2 bridgehead atoms. The topological polar surface area (TPSA) is 12.0 Å². The minimum absolute atomic E-state index is 0.277. The minimum Gasteiger partial charge on any atom is -0.313 e. The second-order valence-corrected chi connectivity index (χ2v) is 5.48. The average molecular weight is 223 g/mol. The lowest BCUT2D eigenvalue weighted by atomic mass is 9.57. The Morgan fingerprint density at radius 3 is 3.12 bits per heavy atom. The van der Waals surface area contributed by atoms with Gasteiger partial charge < -0.3 is 5.32 Å². The van der Waals surface area contributed by atoms with Crippen LogP contribution in [0.15, 0.2) is 48.6 Å². The molecule has 3 aliphatic rings. The van der Waals surface area contributed by atoms with Crippen molar-refractivity contribution in [1.29, 1.82) is 0 Å². The lowest BCUT2D eigenvalue weighted by molar-refractivity contribution is 0.205. The number of hydrogen-bond donors (Lipinski definition) is 1.